The Bertz CT molecular complexity index is 713. The van der Waals surface area contributed by atoms with Crippen molar-refractivity contribution < 1.29 is 8.42 Å². The average Bonchev–Trinajstić information content (AvgIpc) is 2.82. The van der Waals surface area contributed by atoms with Crippen molar-refractivity contribution >= 4 is 43.1 Å². The van der Waals surface area contributed by atoms with Crippen LogP contribution in [0.15, 0.2) is 32.4 Å². The molecule has 0 spiro atoms. The molecule has 108 valence electrons. The summed E-state index contributed by atoms with van der Waals surface area (Å²) in [6, 6.07) is 1.53. The van der Waals surface area contributed by atoms with Gasteiger partial charge in [-0.3, -0.25) is 0 Å². The highest BCUT2D eigenvalue weighted by molar-refractivity contribution is 9.10. The first-order valence-corrected chi connectivity index (χ1v) is 9.00. The Balaban J connectivity index is 2.26. The summed E-state index contributed by atoms with van der Waals surface area (Å²) in [5, 5.41) is 6.71. The van der Waals surface area contributed by atoms with Crippen molar-refractivity contribution in [2.75, 3.05) is 12.4 Å². The van der Waals surface area contributed by atoms with Crippen LogP contribution in [0.3, 0.4) is 0 Å². The van der Waals surface area contributed by atoms with Gasteiger partial charge in [-0.15, -0.1) is 0 Å². The molecule has 0 saturated carbocycles. The molecule has 2 heterocycles. The standard InChI is InChI=1S/C12H14BrN3O2S2/c1-8-6-19-7-9(8)4-16-20(17,18)11-3-10(13)5-15-12(11)14-2/h3,5-7,16H,4H2,1-2H3,(H,14,15). The van der Waals surface area contributed by atoms with E-state index in [1.165, 1.54) is 6.07 Å². The number of rotatable bonds is 5. The van der Waals surface area contributed by atoms with Gasteiger partial charge >= 0.3 is 0 Å². The zero-order valence-corrected chi connectivity index (χ0v) is 14.2. The van der Waals surface area contributed by atoms with Crippen molar-refractivity contribution in [3.05, 3.63) is 38.6 Å². The number of aryl methyl sites for hydroxylation is 1. The van der Waals surface area contributed by atoms with Gasteiger partial charge in [-0.2, -0.15) is 11.3 Å². The first-order valence-electron chi connectivity index (χ1n) is 5.78. The van der Waals surface area contributed by atoms with E-state index in [1.54, 1.807) is 24.6 Å². The lowest BCUT2D eigenvalue weighted by atomic mass is 10.2. The van der Waals surface area contributed by atoms with Gasteiger partial charge in [0.1, 0.15) is 10.7 Å². The molecule has 2 aromatic heterocycles. The van der Waals surface area contributed by atoms with Gasteiger partial charge in [-0.05, 0) is 50.8 Å². The fourth-order valence-corrected chi connectivity index (χ4v) is 4.16. The lowest BCUT2D eigenvalue weighted by Crippen LogP contribution is -2.24. The van der Waals surface area contributed by atoms with Crippen molar-refractivity contribution in [3.8, 4) is 0 Å². The van der Waals surface area contributed by atoms with Gasteiger partial charge in [0.15, 0.2) is 0 Å². The van der Waals surface area contributed by atoms with Gasteiger partial charge in [0, 0.05) is 24.3 Å². The maximum Gasteiger partial charge on any atom is 0.244 e. The highest BCUT2D eigenvalue weighted by atomic mass is 79.9. The highest BCUT2D eigenvalue weighted by Gasteiger charge is 2.20. The van der Waals surface area contributed by atoms with Crippen molar-refractivity contribution in [2.24, 2.45) is 0 Å². The molecule has 0 bridgehead atoms. The second kappa shape index (κ2) is 6.21. The third-order valence-electron chi connectivity index (χ3n) is 2.76. The number of aromatic nitrogens is 1. The van der Waals surface area contributed by atoms with Crippen molar-refractivity contribution in [1.82, 2.24) is 9.71 Å². The number of sulfonamides is 1. The Kier molecular flexibility index (Phi) is 4.79. The van der Waals surface area contributed by atoms with Crippen LogP contribution in [-0.4, -0.2) is 20.4 Å². The minimum atomic E-state index is -3.62. The van der Waals surface area contributed by atoms with E-state index in [-0.39, 0.29) is 11.4 Å². The lowest BCUT2D eigenvalue weighted by Gasteiger charge is -2.10. The van der Waals surface area contributed by atoms with Crippen LogP contribution in [0.25, 0.3) is 0 Å². The van der Waals surface area contributed by atoms with Gasteiger partial charge in [-0.25, -0.2) is 18.1 Å². The molecule has 0 amide bonds. The van der Waals surface area contributed by atoms with E-state index in [2.05, 4.69) is 31.0 Å². The van der Waals surface area contributed by atoms with Crippen molar-refractivity contribution in [2.45, 2.75) is 18.4 Å². The van der Waals surface area contributed by atoms with Gasteiger partial charge in [-0.1, -0.05) is 0 Å². The van der Waals surface area contributed by atoms with Gasteiger partial charge in [0.05, 0.1) is 0 Å². The number of hydrogen-bond acceptors (Lipinski definition) is 5. The molecule has 5 nitrogen and oxygen atoms in total. The van der Waals surface area contributed by atoms with Gasteiger partial charge < -0.3 is 5.32 Å². The third kappa shape index (κ3) is 3.38. The molecular formula is C12H14BrN3O2S2. The fraction of sp³-hybridized carbons (Fsp3) is 0.250. The molecule has 0 aromatic carbocycles. The lowest BCUT2D eigenvalue weighted by molar-refractivity contribution is 0.581. The summed E-state index contributed by atoms with van der Waals surface area (Å²) in [5.41, 5.74) is 2.06. The molecule has 20 heavy (non-hydrogen) atoms. The van der Waals surface area contributed by atoms with Crippen LogP contribution in [0.4, 0.5) is 5.82 Å². The van der Waals surface area contributed by atoms with E-state index in [9.17, 15) is 8.42 Å². The number of thiophene rings is 1. The zero-order chi connectivity index (χ0) is 14.8. The minimum Gasteiger partial charge on any atom is -0.372 e. The SMILES string of the molecule is CNc1ncc(Br)cc1S(=O)(=O)NCc1cscc1C. The van der Waals surface area contributed by atoms with E-state index in [1.807, 2.05) is 17.7 Å². The molecule has 0 saturated heterocycles. The Morgan fingerprint density at radius 1 is 1.40 bits per heavy atom. The topological polar surface area (TPSA) is 71.1 Å². The van der Waals surface area contributed by atoms with Crippen LogP contribution in [0, 0.1) is 6.92 Å². The van der Waals surface area contributed by atoms with Crippen molar-refractivity contribution in [1.29, 1.82) is 0 Å². The molecule has 2 aromatic rings. The monoisotopic (exact) mass is 375 g/mol. The van der Waals surface area contributed by atoms with Crippen molar-refractivity contribution in [3.63, 3.8) is 0 Å². The van der Waals surface area contributed by atoms with E-state index >= 15 is 0 Å². The van der Waals surface area contributed by atoms with Crippen LogP contribution >= 0.6 is 27.3 Å². The summed E-state index contributed by atoms with van der Waals surface area (Å²) >= 11 is 4.79. The minimum absolute atomic E-state index is 0.127. The van der Waals surface area contributed by atoms with Gasteiger partial charge in [0.2, 0.25) is 10.0 Å². The molecule has 0 aliphatic carbocycles. The summed E-state index contributed by atoms with van der Waals surface area (Å²) in [5.74, 6) is 0.322. The smallest absolute Gasteiger partial charge is 0.244 e. The van der Waals surface area contributed by atoms with E-state index in [0.29, 0.717) is 10.3 Å². The second-order valence-corrected chi connectivity index (χ2v) is 7.55. The number of pyridine rings is 1. The maximum atomic E-state index is 12.4. The zero-order valence-electron chi connectivity index (χ0n) is 11.0. The normalized spacial score (nSPS) is 11.6. The summed E-state index contributed by atoms with van der Waals surface area (Å²) in [6.45, 7) is 2.23. The highest BCUT2D eigenvalue weighted by Crippen LogP contribution is 2.23. The number of nitrogens with zero attached hydrogens (tertiary/aromatic N) is 1. The Morgan fingerprint density at radius 3 is 2.75 bits per heavy atom. The first kappa shape index (κ1) is 15.4. The van der Waals surface area contributed by atoms with Crippen LogP contribution in [0.1, 0.15) is 11.1 Å². The molecule has 0 aliphatic heterocycles. The Morgan fingerprint density at radius 2 is 2.15 bits per heavy atom. The summed E-state index contributed by atoms with van der Waals surface area (Å²) in [4.78, 5) is 4.18. The number of hydrogen-bond donors (Lipinski definition) is 2. The van der Waals surface area contributed by atoms with E-state index in [0.717, 1.165) is 11.1 Å². The molecule has 0 unspecified atom stereocenters. The van der Waals surface area contributed by atoms with Crippen LogP contribution in [0.2, 0.25) is 0 Å². The number of halogens is 1. The molecule has 0 fully saturated rings. The second-order valence-electron chi connectivity index (χ2n) is 4.15. The Labute approximate surface area is 130 Å². The van der Waals surface area contributed by atoms with Crippen LogP contribution in [-0.2, 0) is 16.6 Å². The van der Waals surface area contributed by atoms with Crippen LogP contribution < -0.4 is 10.0 Å². The Hall–Kier alpha value is -0.960. The predicted molar refractivity (Wildman–Crippen MR) is 84.6 cm³/mol. The average molecular weight is 376 g/mol. The van der Waals surface area contributed by atoms with Crippen LogP contribution in [0.5, 0.6) is 0 Å². The molecule has 2 rings (SSSR count). The molecule has 0 atom stereocenters. The maximum absolute atomic E-state index is 12.4. The fourth-order valence-electron chi connectivity index (χ4n) is 1.63. The molecular weight excluding hydrogens is 362 g/mol. The van der Waals surface area contributed by atoms with E-state index in [4.69, 9.17) is 0 Å². The predicted octanol–water partition coefficient (Wildman–Crippen LogP) is 2.73. The third-order valence-corrected chi connectivity index (χ3v) is 5.52. The number of anilines is 1. The first-order chi connectivity index (χ1) is 9.44. The summed E-state index contributed by atoms with van der Waals surface area (Å²) in [6.07, 6.45) is 1.55. The molecule has 0 radical (unpaired) electrons. The number of nitrogens with one attached hydrogen (secondary N) is 2. The molecule has 2 N–H and O–H groups in total. The summed E-state index contributed by atoms with van der Waals surface area (Å²) < 4.78 is 27.9. The molecule has 0 aliphatic rings. The quantitative estimate of drug-likeness (QED) is 0.842. The molecule has 8 heteroatoms. The largest absolute Gasteiger partial charge is 0.372 e. The summed E-state index contributed by atoms with van der Waals surface area (Å²) in [7, 11) is -1.98. The van der Waals surface area contributed by atoms with E-state index < -0.39 is 10.0 Å². The van der Waals surface area contributed by atoms with Gasteiger partial charge in [0.25, 0.3) is 0 Å².